The standard InChI is InChI=1S/C52H90O6/c1-4-7-10-13-16-19-22-24-25-26-27-28-31-33-36-39-42-45-51(54)57-48-49(47-56-50(53)44-41-38-35-32-29-21-18-15-12-9-6-3)58-52(55)46-43-40-37-34-30-23-20-17-14-11-8-5-2/h9,12,16,18-19,21,24-25,32,35,49H,4-8,10-11,13-15,17,20,22-23,26-31,33-34,36-48H2,1-3H3/b12-9-,19-16-,21-18-,25-24-,35-32-. The van der Waals surface area contributed by atoms with Crippen LogP contribution in [-0.2, 0) is 28.6 Å². The third-order valence-corrected chi connectivity index (χ3v) is 10.3. The summed E-state index contributed by atoms with van der Waals surface area (Å²) in [4.78, 5) is 37.8. The number of carbonyl (C=O) groups is 3. The normalized spacial score (nSPS) is 12.5. The molecule has 58 heavy (non-hydrogen) atoms. The fourth-order valence-electron chi connectivity index (χ4n) is 6.61. The van der Waals surface area contributed by atoms with E-state index in [4.69, 9.17) is 14.2 Å². The van der Waals surface area contributed by atoms with Gasteiger partial charge in [-0.1, -0.05) is 197 Å². The fraction of sp³-hybridized carbons (Fsp3) is 0.750. The van der Waals surface area contributed by atoms with Crippen molar-refractivity contribution in [2.75, 3.05) is 13.2 Å². The van der Waals surface area contributed by atoms with Crippen molar-refractivity contribution in [3.8, 4) is 0 Å². The second-order valence-corrected chi connectivity index (χ2v) is 16.0. The third kappa shape index (κ3) is 44.2. The topological polar surface area (TPSA) is 78.9 Å². The number of unbranched alkanes of at least 4 members (excludes halogenated alkanes) is 22. The van der Waals surface area contributed by atoms with Crippen LogP contribution in [0.4, 0.5) is 0 Å². The van der Waals surface area contributed by atoms with Crippen LogP contribution in [-0.4, -0.2) is 37.2 Å². The first kappa shape index (κ1) is 55.1. The first-order valence-electron chi connectivity index (χ1n) is 24.3. The SMILES string of the molecule is CC/C=C\C/C=C\C/C=C\CCCC(=O)OCC(COC(=O)CCCCCCCCC/C=C\C/C=C\CCCCC)OC(=O)CCCCCCCCCCCCCC. The van der Waals surface area contributed by atoms with E-state index in [2.05, 4.69) is 81.5 Å². The van der Waals surface area contributed by atoms with E-state index >= 15 is 0 Å². The zero-order chi connectivity index (χ0) is 42.3. The summed E-state index contributed by atoms with van der Waals surface area (Å²) in [6.07, 6.45) is 56.4. The molecule has 334 valence electrons. The summed E-state index contributed by atoms with van der Waals surface area (Å²) in [7, 11) is 0. The Labute approximate surface area is 358 Å². The van der Waals surface area contributed by atoms with Gasteiger partial charge in [-0.3, -0.25) is 14.4 Å². The van der Waals surface area contributed by atoms with Crippen LogP contribution < -0.4 is 0 Å². The van der Waals surface area contributed by atoms with Gasteiger partial charge in [0, 0.05) is 19.3 Å². The van der Waals surface area contributed by atoms with Gasteiger partial charge in [-0.25, -0.2) is 0 Å². The van der Waals surface area contributed by atoms with Crippen LogP contribution in [0.2, 0.25) is 0 Å². The molecule has 0 saturated heterocycles. The molecule has 0 N–H and O–H groups in total. The quantitative estimate of drug-likeness (QED) is 0.0264. The van der Waals surface area contributed by atoms with Crippen LogP contribution in [0.1, 0.15) is 233 Å². The van der Waals surface area contributed by atoms with Gasteiger partial charge in [-0.2, -0.15) is 0 Å². The van der Waals surface area contributed by atoms with Gasteiger partial charge in [0.25, 0.3) is 0 Å². The number of allylic oxidation sites excluding steroid dienone is 10. The van der Waals surface area contributed by atoms with Crippen molar-refractivity contribution < 1.29 is 28.6 Å². The molecule has 0 amide bonds. The molecule has 6 nitrogen and oxygen atoms in total. The van der Waals surface area contributed by atoms with Gasteiger partial charge in [0.2, 0.25) is 0 Å². The van der Waals surface area contributed by atoms with Crippen LogP contribution in [0.15, 0.2) is 60.8 Å². The molecule has 1 unspecified atom stereocenters. The van der Waals surface area contributed by atoms with E-state index in [1.807, 2.05) is 0 Å². The summed E-state index contributed by atoms with van der Waals surface area (Å²) in [5.74, 6) is -0.956. The average Bonchev–Trinajstić information content (AvgIpc) is 3.22. The van der Waals surface area contributed by atoms with E-state index in [-0.39, 0.29) is 37.5 Å². The molecule has 0 heterocycles. The molecule has 0 rings (SSSR count). The molecule has 0 radical (unpaired) electrons. The molecule has 0 aromatic carbocycles. The summed E-state index contributed by atoms with van der Waals surface area (Å²) in [5, 5.41) is 0. The maximum Gasteiger partial charge on any atom is 0.306 e. The molecule has 0 spiro atoms. The third-order valence-electron chi connectivity index (χ3n) is 10.3. The molecule has 0 saturated carbocycles. The maximum atomic E-state index is 12.7. The molecule has 0 aliphatic heterocycles. The van der Waals surface area contributed by atoms with E-state index < -0.39 is 6.10 Å². The Morgan fingerprint density at radius 2 is 0.690 bits per heavy atom. The Morgan fingerprint density at radius 1 is 0.362 bits per heavy atom. The van der Waals surface area contributed by atoms with Crippen molar-refractivity contribution >= 4 is 17.9 Å². The van der Waals surface area contributed by atoms with E-state index in [0.29, 0.717) is 19.3 Å². The minimum Gasteiger partial charge on any atom is -0.462 e. The zero-order valence-electron chi connectivity index (χ0n) is 38.0. The fourth-order valence-corrected chi connectivity index (χ4v) is 6.61. The van der Waals surface area contributed by atoms with Crippen LogP contribution in [0, 0.1) is 0 Å². The summed E-state index contributed by atoms with van der Waals surface area (Å²) >= 11 is 0. The number of hydrogen-bond acceptors (Lipinski definition) is 6. The molecule has 0 aliphatic carbocycles. The highest BCUT2D eigenvalue weighted by Crippen LogP contribution is 2.14. The van der Waals surface area contributed by atoms with E-state index in [1.165, 1.54) is 109 Å². The summed E-state index contributed by atoms with van der Waals surface area (Å²) in [6.45, 7) is 6.43. The maximum absolute atomic E-state index is 12.7. The molecule has 1 atom stereocenters. The van der Waals surface area contributed by atoms with Crippen molar-refractivity contribution in [3.63, 3.8) is 0 Å². The molecule has 6 heteroatoms. The number of hydrogen-bond donors (Lipinski definition) is 0. The highest BCUT2D eigenvalue weighted by molar-refractivity contribution is 5.71. The molecule has 0 aliphatic rings. The zero-order valence-corrected chi connectivity index (χ0v) is 38.0. The lowest BCUT2D eigenvalue weighted by Crippen LogP contribution is -2.30. The van der Waals surface area contributed by atoms with E-state index in [9.17, 15) is 14.4 Å². The Morgan fingerprint density at radius 3 is 1.16 bits per heavy atom. The monoisotopic (exact) mass is 811 g/mol. The van der Waals surface area contributed by atoms with Crippen molar-refractivity contribution in [1.29, 1.82) is 0 Å². The van der Waals surface area contributed by atoms with Crippen molar-refractivity contribution in [1.82, 2.24) is 0 Å². The predicted molar refractivity (Wildman–Crippen MR) is 247 cm³/mol. The minimum absolute atomic E-state index is 0.0928. The summed E-state index contributed by atoms with van der Waals surface area (Å²) < 4.78 is 16.7. The van der Waals surface area contributed by atoms with Crippen molar-refractivity contribution in [2.45, 2.75) is 239 Å². The number of ether oxygens (including phenoxy) is 3. The molecule has 0 bridgehead atoms. The molecule has 0 aromatic rings. The predicted octanol–water partition coefficient (Wildman–Crippen LogP) is 15.7. The second kappa shape index (κ2) is 46.8. The highest BCUT2D eigenvalue weighted by atomic mass is 16.6. The summed E-state index contributed by atoms with van der Waals surface area (Å²) in [6, 6.07) is 0. The number of carbonyl (C=O) groups excluding carboxylic acids is 3. The first-order valence-corrected chi connectivity index (χ1v) is 24.3. The van der Waals surface area contributed by atoms with E-state index in [1.54, 1.807) is 0 Å². The minimum atomic E-state index is -0.793. The molecule has 0 aromatic heterocycles. The van der Waals surface area contributed by atoms with Gasteiger partial charge >= 0.3 is 17.9 Å². The van der Waals surface area contributed by atoms with Crippen molar-refractivity contribution in [2.24, 2.45) is 0 Å². The lowest BCUT2D eigenvalue weighted by Gasteiger charge is -2.18. The Kier molecular flexibility index (Phi) is 44.5. The Balaban J connectivity index is 4.40. The van der Waals surface area contributed by atoms with Crippen LogP contribution in [0.5, 0.6) is 0 Å². The average molecular weight is 811 g/mol. The molecular weight excluding hydrogens is 721 g/mol. The first-order chi connectivity index (χ1) is 28.5. The van der Waals surface area contributed by atoms with Crippen LogP contribution in [0.25, 0.3) is 0 Å². The number of rotatable bonds is 43. The van der Waals surface area contributed by atoms with Gasteiger partial charge < -0.3 is 14.2 Å². The van der Waals surface area contributed by atoms with E-state index in [0.717, 1.165) is 77.0 Å². The van der Waals surface area contributed by atoms with Crippen molar-refractivity contribution in [3.05, 3.63) is 60.8 Å². The van der Waals surface area contributed by atoms with Gasteiger partial charge in [-0.15, -0.1) is 0 Å². The lowest BCUT2D eigenvalue weighted by molar-refractivity contribution is -0.167. The van der Waals surface area contributed by atoms with Gasteiger partial charge in [-0.05, 0) is 77.0 Å². The lowest BCUT2D eigenvalue weighted by atomic mass is 10.0. The number of esters is 3. The largest absolute Gasteiger partial charge is 0.462 e. The Hall–Kier alpha value is -2.89. The van der Waals surface area contributed by atoms with Gasteiger partial charge in [0.1, 0.15) is 13.2 Å². The van der Waals surface area contributed by atoms with Gasteiger partial charge in [0.05, 0.1) is 0 Å². The van der Waals surface area contributed by atoms with Gasteiger partial charge in [0.15, 0.2) is 6.10 Å². The molecule has 0 fully saturated rings. The van der Waals surface area contributed by atoms with Crippen LogP contribution >= 0.6 is 0 Å². The molecular formula is C52H90O6. The van der Waals surface area contributed by atoms with Crippen LogP contribution in [0.3, 0.4) is 0 Å². The Bertz CT molecular complexity index is 1070. The second-order valence-electron chi connectivity index (χ2n) is 16.0. The smallest absolute Gasteiger partial charge is 0.306 e. The highest BCUT2D eigenvalue weighted by Gasteiger charge is 2.19. The summed E-state index contributed by atoms with van der Waals surface area (Å²) in [5.41, 5.74) is 0.